The van der Waals surface area contributed by atoms with Crippen LogP contribution in [0.2, 0.25) is 0 Å². The number of alkyl halides is 1. The average Bonchev–Trinajstić information content (AvgIpc) is 2.47. The Hall–Kier alpha value is -2.50. The predicted molar refractivity (Wildman–Crippen MR) is 74.7 cm³/mol. The number of nitro groups is 1. The highest BCUT2D eigenvalue weighted by Gasteiger charge is 2.52. The molecule has 0 fully saturated rings. The minimum absolute atomic E-state index is 0.420. The van der Waals surface area contributed by atoms with Crippen molar-refractivity contribution in [1.82, 2.24) is 0 Å². The fraction of sp³-hybridized carbons (Fsp3) is 0.267. The number of halogens is 1. The first-order valence-corrected chi connectivity index (χ1v) is 6.30. The zero-order chi connectivity index (χ0) is 15.6. The predicted octanol–water partition coefficient (Wildman–Crippen LogP) is 2.82. The molecule has 0 N–H and O–H groups in total. The van der Waals surface area contributed by atoms with Crippen LogP contribution in [0, 0.1) is 17.0 Å². The van der Waals surface area contributed by atoms with Gasteiger partial charge < -0.3 is 4.74 Å². The number of methoxy groups -OCH3 is 1. The number of nitrogens with zero attached hydrogens (tertiary/aromatic N) is 1. The molecule has 0 heterocycles. The standard InChI is InChI=1S/C15H14FNO4/c1-10-5-3-4-6-12(10)11-7-8-15(16,14(18)21-2)13(9-11)17(19)20/h3-7,9H,8H2,1-2H3. The van der Waals surface area contributed by atoms with Gasteiger partial charge in [-0.15, -0.1) is 0 Å². The van der Waals surface area contributed by atoms with Crippen LogP contribution in [0.15, 0.2) is 42.1 Å². The molecule has 5 nitrogen and oxygen atoms in total. The van der Waals surface area contributed by atoms with Crippen LogP contribution in [0.4, 0.5) is 4.39 Å². The van der Waals surface area contributed by atoms with E-state index in [4.69, 9.17) is 0 Å². The lowest BCUT2D eigenvalue weighted by atomic mass is 9.87. The smallest absolute Gasteiger partial charge is 0.355 e. The molecule has 0 bridgehead atoms. The Morgan fingerprint density at radius 1 is 1.43 bits per heavy atom. The number of aryl methyl sites for hydroxylation is 1. The molecule has 1 aliphatic rings. The molecule has 6 heteroatoms. The molecule has 21 heavy (non-hydrogen) atoms. The van der Waals surface area contributed by atoms with Crippen LogP contribution < -0.4 is 0 Å². The van der Waals surface area contributed by atoms with Crippen molar-refractivity contribution in [1.29, 1.82) is 0 Å². The molecule has 1 aliphatic carbocycles. The van der Waals surface area contributed by atoms with Gasteiger partial charge in [0.1, 0.15) is 0 Å². The molecular formula is C15H14FNO4. The molecule has 110 valence electrons. The number of allylic oxidation sites excluding steroid dienone is 3. The van der Waals surface area contributed by atoms with Crippen molar-refractivity contribution in [3.8, 4) is 0 Å². The third-order valence-corrected chi connectivity index (χ3v) is 3.46. The summed E-state index contributed by atoms with van der Waals surface area (Å²) < 4.78 is 19.0. The first kappa shape index (κ1) is 14.9. The molecule has 0 aromatic heterocycles. The summed E-state index contributed by atoms with van der Waals surface area (Å²) in [5.74, 6) is -1.26. The van der Waals surface area contributed by atoms with Crippen LogP contribution >= 0.6 is 0 Å². The maximum atomic E-state index is 14.6. The molecule has 0 radical (unpaired) electrons. The highest BCUT2D eigenvalue weighted by atomic mass is 19.1. The van der Waals surface area contributed by atoms with Gasteiger partial charge in [0.25, 0.3) is 11.4 Å². The zero-order valence-corrected chi connectivity index (χ0v) is 11.6. The number of rotatable bonds is 3. The highest BCUT2D eigenvalue weighted by molar-refractivity contribution is 5.88. The number of esters is 1. The average molecular weight is 291 g/mol. The highest BCUT2D eigenvalue weighted by Crippen LogP contribution is 2.37. The Kier molecular flexibility index (Phi) is 3.88. The summed E-state index contributed by atoms with van der Waals surface area (Å²) >= 11 is 0. The molecule has 1 aromatic carbocycles. The van der Waals surface area contributed by atoms with Gasteiger partial charge in [-0.05, 0) is 23.6 Å². The van der Waals surface area contributed by atoms with Gasteiger partial charge in [0, 0.05) is 12.5 Å². The van der Waals surface area contributed by atoms with E-state index in [9.17, 15) is 19.3 Å². The molecule has 0 aliphatic heterocycles. The van der Waals surface area contributed by atoms with Gasteiger partial charge in [-0.2, -0.15) is 0 Å². The first-order valence-electron chi connectivity index (χ1n) is 6.30. The second-order valence-corrected chi connectivity index (χ2v) is 4.76. The molecule has 1 aromatic rings. The zero-order valence-electron chi connectivity index (χ0n) is 11.6. The second-order valence-electron chi connectivity index (χ2n) is 4.76. The Balaban J connectivity index is 2.50. The molecule has 0 saturated carbocycles. The maximum absolute atomic E-state index is 14.6. The Morgan fingerprint density at radius 3 is 2.67 bits per heavy atom. The van der Waals surface area contributed by atoms with Crippen molar-refractivity contribution < 1.29 is 18.8 Å². The van der Waals surface area contributed by atoms with E-state index in [-0.39, 0.29) is 0 Å². The van der Waals surface area contributed by atoms with Gasteiger partial charge in [-0.25, -0.2) is 9.18 Å². The number of benzene rings is 1. The quantitative estimate of drug-likeness (QED) is 0.488. The van der Waals surface area contributed by atoms with Gasteiger partial charge in [-0.1, -0.05) is 30.3 Å². The Bertz CT molecular complexity index is 665. The summed E-state index contributed by atoms with van der Waals surface area (Å²) in [6.07, 6.45) is 2.16. The van der Waals surface area contributed by atoms with Crippen molar-refractivity contribution in [3.05, 3.63) is 63.4 Å². The molecule has 1 atom stereocenters. The fourth-order valence-corrected chi connectivity index (χ4v) is 2.31. The first-order chi connectivity index (χ1) is 9.90. The van der Waals surface area contributed by atoms with E-state index in [0.717, 1.165) is 24.3 Å². The van der Waals surface area contributed by atoms with Gasteiger partial charge in [0.2, 0.25) is 0 Å². The lowest BCUT2D eigenvalue weighted by Crippen LogP contribution is -2.40. The second kappa shape index (κ2) is 5.47. The molecular weight excluding hydrogens is 277 g/mol. The number of hydrogen-bond donors (Lipinski definition) is 0. The third kappa shape index (κ3) is 2.56. The van der Waals surface area contributed by atoms with Crippen molar-refractivity contribution >= 4 is 11.5 Å². The van der Waals surface area contributed by atoms with E-state index < -0.39 is 28.7 Å². The van der Waals surface area contributed by atoms with E-state index in [1.54, 1.807) is 12.1 Å². The summed E-state index contributed by atoms with van der Waals surface area (Å²) in [6.45, 7) is 1.85. The summed E-state index contributed by atoms with van der Waals surface area (Å²) in [7, 11) is 1.00. The molecule has 0 spiro atoms. The van der Waals surface area contributed by atoms with Crippen LogP contribution in [0.1, 0.15) is 17.5 Å². The van der Waals surface area contributed by atoms with Crippen molar-refractivity contribution in [2.24, 2.45) is 0 Å². The molecule has 1 unspecified atom stereocenters. The number of carbonyl (C=O) groups excluding carboxylic acids is 1. The lowest BCUT2D eigenvalue weighted by Gasteiger charge is -2.22. The van der Waals surface area contributed by atoms with Crippen LogP contribution in [0.5, 0.6) is 0 Å². The Labute approximate surface area is 120 Å². The van der Waals surface area contributed by atoms with Crippen LogP contribution in [0.25, 0.3) is 5.57 Å². The van der Waals surface area contributed by atoms with Crippen LogP contribution in [-0.2, 0) is 9.53 Å². The summed E-state index contributed by atoms with van der Waals surface area (Å²) in [5, 5.41) is 11.1. The van der Waals surface area contributed by atoms with Crippen LogP contribution in [-0.4, -0.2) is 23.7 Å². The minimum Gasteiger partial charge on any atom is -0.466 e. The van der Waals surface area contributed by atoms with Gasteiger partial charge in [-0.3, -0.25) is 10.1 Å². The summed E-state index contributed by atoms with van der Waals surface area (Å²) in [5.41, 5.74) is -1.34. The number of ether oxygens (including phenoxy) is 1. The van der Waals surface area contributed by atoms with Crippen molar-refractivity contribution in [2.75, 3.05) is 7.11 Å². The van der Waals surface area contributed by atoms with E-state index in [1.807, 2.05) is 19.1 Å². The lowest BCUT2D eigenvalue weighted by molar-refractivity contribution is -0.438. The Morgan fingerprint density at radius 2 is 2.10 bits per heavy atom. The van der Waals surface area contributed by atoms with E-state index >= 15 is 0 Å². The van der Waals surface area contributed by atoms with E-state index in [1.165, 1.54) is 6.08 Å². The molecule has 0 amide bonds. The third-order valence-electron chi connectivity index (χ3n) is 3.46. The SMILES string of the molecule is COC(=O)C1(F)CC=C(c2ccccc2C)C=C1[N+](=O)[O-]. The fourth-order valence-electron chi connectivity index (χ4n) is 2.31. The summed E-state index contributed by atoms with van der Waals surface area (Å²) in [4.78, 5) is 21.8. The number of hydrogen-bond acceptors (Lipinski definition) is 4. The van der Waals surface area contributed by atoms with Crippen LogP contribution in [0.3, 0.4) is 0 Å². The van der Waals surface area contributed by atoms with Crippen molar-refractivity contribution in [2.45, 2.75) is 19.0 Å². The topological polar surface area (TPSA) is 69.4 Å². The van der Waals surface area contributed by atoms with Crippen molar-refractivity contribution in [3.63, 3.8) is 0 Å². The normalized spacial score (nSPS) is 21.3. The monoisotopic (exact) mass is 291 g/mol. The largest absolute Gasteiger partial charge is 0.466 e. The minimum atomic E-state index is -2.75. The number of carbonyl (C=O) groups is 1. The molecule has 2 rings (SSSR count). The maximum Gasteiger partial charge on any atom is 0.355 e. The summed E-state index contributed by atoms with van der Waals surface area (Å²) in [6, 6.07) is 7.28. The van der Waals surface area contributed by atoms with Gasteiger partial charge in [0.05, 0.1) is 12.0 Å². The van der Waals surface area contributed by atoms with E-state index in [0.29, 0.717) is 5.57 Å². The van der Waals surface area contributed by atoms with Gasteiger partial charge >= 0.3 is 5.97 Å². The van der Waals surface area contributed by atoms with Gasteiger partial charge in [0.15, 0.2) is 0 Å². The molecule has 0 saturated heterocycles. The van der Waals surface area contributed by atoms with E-state index in [2.05, 4.69) is 4.74 Å².